The lowest BCUT2D eigenvalue weighted by Crippen LogP contribution is -2.67. The molecule has 0 aliphatic heterocycles. The normalized spacial score (nSPS) is 38.1. The number of hydrogen-bond acceptors (Lipinski definition) is 5. The first-order chi connectivity index (χ1) is 25.6. The summed E-state index contributed by atoms with van der Waals surface area (Å²) in [6, 6.07) is 9.32. The molecule has 5 saturated carbocycles. The van der Waals surface area contributed by atoms with E-state index in [2.05, 4.69) is 60.1 Å². The van der Waals surface area contributed by atoms with Crippen LogP contribution in [0, 0.1) is 62.6 Å². The first kappa shape index (κ1) is 40.3. The first-order valence-electron chi connectivity index (χ1n) is 21.1. The quantitative estimate of drug-likeness (QED) is 0.268. The second-order valence-corrected chi connectivity index (χ2v) is 21.3. The summed E-state index contributed by atoms with van der Waals surface area (Å²) in [5.41, 5.74) is 0.0770. The minimum atomic E-state index is -1.17. The fourth-order valence-electron chi connectivity index (χ4n) is 14.5. The number of aromatic nitrogens is 2. The standard InChI is InChI=1S/C46H65ClN2O6/c1-11-48-34(24-36(51)49(48)29-14-12-28(47)13-15-29)46-23-22-44(9)30(39(46)38(27(2)3)31(50)25-46)16-17-33-43(8)20-19-35(55-37(52)26-41(4,5)40(53)54)42(6,7)32(43)18-21-45(33,44)10/h12-15,24,27,30,32-33,35,38-39H,11,16-23,25-26H2,1-10H3,(H,53,54)/t30?,32-,33+,35-,38?,39?,43-,44+,45+,46-/m0/s1. The van der Waals surface area contributed by atoms with Gasteiger partial charge in [0.05, 0.1) is 17.5 Å². The molecule has 0 bridgehead atoms. The lowest BCUT2D eigenvalue weighted by atomic mass is 9.32. The number of hydrogen-bond donors (Lipinski definition) is 1. The van der Waals surface area contributed by atoms with Crippen molar-refractivity contribution in [1.29, 1.82) is 0 Å². The largest absolute Gasteiger partial charge is 0.481 e. The molecule has 7 rings (SSSR count). The van der Waals surface area contributed by atoms with Crippen LogP contribution in [0.5, 0.6) is 0 Å². The molecule has 0 spiro atoms. The molecule has 1 N–H and O–H groups in total. The number of carbonyl (C=O) groups is 3. The number of ketones is 1. The topological polar surface area (TPSA) is 108 Å². The summed E-state index contributed by atoms with van der Waals surface area (Å²) >= 11 is 6.26. The van der Waals surface area contributed by atoms with Gasteiger partial charge in [-0.25, -0.2) is 4.68 Å². The lowest BCUT2D eigenvalue weighted by molar-refractivity contribution is -0.247. The number of Topliss-reactive ketones (excluding diaryl/α,β-unsaturated/α-hetero) is 1. The van der Waals surface area contributed by atoms with Crippen LogP contribution in [0.15, 0.2) is 35.1 Å². The second-order valence-electron chi connectivity index (χ2n) is 20.8. The monoisotopic (exact) mass is 776 g/mol. The van der Waals surface area contributed by atoms with Gasteiger partial charge in [0.2, 0.25) is 0 Å². The molecule has 1 heterocycles. The summed E-state index contributed by atoms with van der Waals surface area (Å²) in [5, 5.41) is 10.3. The van der Waals surface area contributed by atoms with Gasteiger partial charge < -0.3 is 9.84 Å². The number of carboxylic acid groups (broad SMARTS) is 1. The number of rotatable bonds is 8. The Morgan fingerprint density at radius 3 is 2.22 bits per heavy atom. The number of carboxylic acids is 1. The zero-order valence-electron chi connectivity index (χ0n) is 35.0. The van der Waals surface area contributed by atoms with Crippen molar-refractivity contribution >= 4 is 29.3 Å². The Morgan fingerprint density at radius 1 is 0.927 bits per heavy atom. The molecule has 1 aromatic heterocycles. The van der Waals surface area contributed by atoms with Gasteiger partial charge in [0, 0.05) is 46.5 Å². The highest BCUT2D eigenvalue weighted by Gasteiger charge is 2.72. The fourth-order valence-corrected chi connectivity index (χ4v) is 14.6. The van der Waals surface area contributed by atoms with Crippen molar-refractivity contribution in [2.45, 2.75) is 152 Å². The van der Waals surface area contributed by atoms with E-state index in [-0.39, 0.29) is 57.5 Å². The number of nitrogens with zero attached hydrogens (tertiary/aromatic N) is 2. The molecule has 1 aromatic carbocycles. The third kappa shape index (κ3) is 5.78. The van der Waals surface area contributed by atoms with E-state index in [0.29, 0.717) is 41.5 Å². The third-order valence-corrected chi connectivity index (χ3v) is 17.6. The van der Waals surface area contributed by atoms with Crippen molar-refractivity contribution in [3.63, 3.8) is 0 Å². The van der Waals surface area contributed by atoms with Crippen LogP contribution in [0.2, 0.25) is 5.02 Å². The van der Waals surface area contributed by atoms with Crippen LogP contribution >= 0.6 is 11.6 Å². The van der Waals surface area contributed by atoms with Gasteiger partial charge in [-0.15, -0.1) is 0 Å². The summed E-state index contributed by atoms with van der Waals surface area (Å²) in [6.07, 6.45) is 8.09. The molecule has 0 saturated heterocycles. The number of fused-ring (bicyclic) bond motifs is 7. The minimum absolute atomic E-state index is 0.0157. The van der Waals surface area contributed by atoms with Crippen LogP contribution in [0.1, 0.15) is 139 Å². The first-order valence-corrected chi connectivity index (χ1v) is 21.5. The predicted octanol–water partition coefficient (Wildman–Crippen LogP) is 9.89. The van der Waals surface area contributed by atoms with E-state index < -0.39 is 22.8 Å². The predicted molar refractivity (Wildman–Crippen MR) is 215 cm³/mol. The molecule has 3 unspecified atom stereocenters. The van der Waals surface area contributed by atoms with Crippen molar-refractivity contribution in [3.05, 3.63) is 51.4 Å². The van der Waals surface area contributed by atoms with Crippen molar-refractivity contribution in [2.24, 2.45) is 62.6 Å². The van der Waals surface area contributed by atoms with E-state index in [1.165, 1.54) is 0 Å². The number of halogens is 1. The van der Waals surface area contributed by atoms with Crippen LogP contribution in [0.3, 0.4) is 0 Å². The van der Waals surface area contributed by atoms with Gasteiger partial charge in [-0.2, -0.15) is 0 Å². The van der Waals surface area contributed by atoms with E-state index in [9.17, 15) is 24.3 Å². The minimum Gasteiger partial charge on any atom is -0.481 e. The third-order valence-electron chi connectivity index (χ3n) is 17.3. The highest BCUT2D eigenvalue weighted by Crippen LogP contribution is 2.77. The number of aliphatic carboxylic acids is 1. The maximum absolute atomic E-state index is 14.5. The molecule has 0 radical (unpaired) electrons. The van der Waals surface area contributed by atoms with Crippen LogP contribution in [0.25, 0.3) is 5.69 Å². The SMILES string of the molecule is CCn1c([C@@]23CC[C@]4(C)C(CC[C@@H]5[C@@]6(C)CC[C@H](OC(=O)CC(C)(C)C(=O)O)C(C)(C)[C@@H]6CC[C@]54C)C2C(C(C)C)C(=O)C3)cc(=O)n1-c1ccc(Cl)cc1. The Hall–Kier alpha value is -2.87. The molecule has 5 aliphatic carbocycles. The van der Waals surface area contributed by atoms with Crippen LogP contribution in [-0.4, -0.2) is 38.3 Å². The highest BCUT2D eigenvalue weighted by atomic mass is 35.5. The van der Waals surface area contributed by atoms with Crippen molar-refractivity contribution in [1.82, 2.24) is 9.36 Å². The molecule has 9 heteroatoms. The average Bonchev–Trinajstić information content (AvgIpc) is 3.60. The zero-order chi connectivity index (χ0) is 40.3. The molecular weight excluding hydrogens is 712 g/mol. The van der Waals surface area contributed by atoms with Crippen molar-refractivity contribution < 1.29 is 24.2 Å². The Bertz CT molecular complexity index is 1930. The van der Waals surface area contributed by atoms with Gasteiger partial charge in [-0.1, -0.05) is 60.1 Å². The van der Waals surface area contributed by atoms with Gasteiger partial charge in [-0.3, -0.25) is 23.9 Å². The number of benzene rings is 1. The van der Waals surface area contributed by atoms with Gasteiger partial charge in [-0.05, 0) is 142 Å². The maximum atomic E-state index is 14.5. The Labute approximate surface area is 333 Å². The summed E-state index contributed by atoms with van der Waals surface area (Å²) in [5.74, 6) is 0.469. The van der Waals surface area contributed by atoms with Gasteiger partial charge >= 0.3 is 11.9 Å². The van der Waals surface area contributed by atoms with Crippen LogP contribution in [0.4, 0.5) is 0 Å². The van der Waals surface area contributed by atoms with Crippen molar-refractivity contribution in [2.75, 3.05) is 0 Å². The molecule has 0 amide bonds. The fraction of sp³-hybridized carbons (Fsp3) is 0.739. The summed E-state index contributed by atoms with van der Waals surface area (Å²) in [6.45, 7) is 22.6. The molecule has 5 aliphatic rings. The molecule has 302 valence electrons. The smallest absolute Gasteiger partial charge is 0.309 e. The zero-order valence-corrected chi connectivity index (χ0v) is 35.7. The Morgan fingerprint density at radius 2 is 1.60 bits per heavy atom. The summed E-state index contributed by atoms with van der Waals surface area (Å²) in [7, 11) is 0. The average molecular weight is 777 g/mol. The van der Waals surface area contributed by atoms with E-state index in [1.807, 2.05) is 30.3 Å². The molecule has 5 fully saturated rings. The molecule has 8 nitrogen and oxygen atoms in total. The number of ether oxygens (including phenoxy) is 1. The summed E-state index contributed by atoms with van der Waals surface area (Å²) in [4.78, 5) is 53.4. The van der Waals surface area contributed by atoms with E-state index >= 15 is 0 Å². The van der Waals surface area contributed by atoms with Gasteiger partial charge in [0.15, 0.2) is 0 Å². The lowest BCUT2D eigenvalue weighted by Gasteiger charge is -2.73. The Kier molecular flexibility index (Phi) is 9.78. The van der Waals surface area contributed by atoms with Crippen molar-refractivity contribution in [3.8, 4) is 5.69 Å². The van der Waals surface area contributed by atoms with E-state index in [4.69, 9.17) is 16.3 Å². The van der Waals surface area contributed by atoms with Gasteiger partial charge in [0.25, 0.3) is 5.56 Å². The van der Waals surface area contributed by atoms with Crippen LogP contribution in [-0.2, 0) is 31.1 Å². The summed E-state index contributed by atoms with van der Waals surface area (Å²) < 4.78 is 10.1. The molecule has 2 aromatic rings. The number of esters is 1. The number of carbonyl (C=O) groups excluding carboxylic acids is 2. The highest BCUT2D eigenvalue weighted by molar-refractivity contribution is 6.30. The second kappa shape index (κ2) is 13.3. The van der Waals surface area contributed by atoms with E-state index in [0.717, 1.165) is 62.7 Å². The van der Waals surface area contributed by atoms with Crippen LogP contribution < -0.4 is 5.56 Å². The molecule has 55 heavy (non-hydrogen) atoms. The molecule has 10 atom stereocenters. The van der Waals surface area contributed by atoms with E-state index in [1.54, 1.807) is 18.5 Å². The maximum Gasteiger partial charge on any atom is 0.309 e. The Balaban J connectivity index is 1.23. The molecular formula is C46H65ClN2O6. The van der Waals surface area contributed by atoms with Gasteiger partial charge in [0.1, 0.15) is 11.9 Å².